The number of benzene rings is 1. The summed E-state index contributed by atoms with van der Waals surface area (Å²) in [5.74, 6) is -3.30. The van der Waals surface area contributed by atoms with Gasteiger partial charge in [-0.15, -0.1) is 0 Å². The number of nitrogens with two attached hydrogens (primary N) is 2. The zero-order valence-corrected chi connectivity index (χ0v) is 16.3. The summed E-state index contributed by atoms with van der Waals surface area (Å²) in [6, 6.07) is 6.28. The van der Waals surface area contributed by atoms with Gasteiger partial charge in [-0.05, 0) is 12.1 Å². The number of imide groups is 1. The van der Waals surface area contributed by atoms with Gasteiger partial charge in [0.1, 0.15) is 18.7 Å². The number of guanidine groups is 2. The maximum Gasteiger partial charge on any atom is 0.331 e. The first kappa shape index (κ1) is 19.5. The molecule has 4 aliphatic rings. The van der Waals surface area contributed by atoms with E-state index in [9.17, 15) is 24.9 Å². The quantitative estimate of drug-likeness (QED) is 0.208. The second-order valence-corrected chi connectivity index (χ2v) is 7.97. The van der Waals surface area contributed by atoms with Crippen LogP contribution >= 0.6 is 0 Å². The Hall–Kier alpha value is -3.42. The zero-order chi connectivity index (χ0) is 22.1. The van der Waals surface area contributed by atoms with E-state index in [0.717, 1.165) is 4.90 Å². The molecule has 5 rings (SSSR count). The number of urea groups is 1. The van der Waals surface area contributed by atoms with Gasteiger partial charge >= 0.3 is 6.03 Å². The van der Waals surface area contributed by atoms with Crippen LogP contribution in [0.25, 0.3) is 0 Å². The van der Waals surface area contributed by atoms with E-state index in [0.29, 0.717) is 5.69 Å². The normalized spacial score (nSPS) is 33.8. The van der Waals surface area contributed by atoms with Gasteiger partial charge < -0.3 is 37.0 Å². The van der Waals surface area contributed by atoms with Gasteiger partial charge in [0.15, 0.2) is 17.6 Å². The first-order valence-corrected chi connectivity index (χ1v) is 9.69. The SMILES string of the molecule is NC1=N[C@H]2[C@H](CN3C(=O)CN(c4ccccc4)C3=O)N=C(N)N3C[C@H](O)C(O)(O)C23N1. The fraction of sp³-hybridized carbons (Fsp3) is 0.444. The number of anilines is 1. The average molecular weight is 430 g/mol. The Morgan fingerprint density at radius 2 is 1.87 bits per heavy atom. The van der Waals surface area contributed by atoms with E-state index in [2.05, 4.69) is 15.3 Å². The summed E-state index contributed by atoms with van der Waals surface area (Å²) in [7, 11) is 0. The van der Waals surface area contributed by atoms with Gasteiger partial charge in [0.05, 0.1) is 19.1 Å². The van der Waals surface area contributed by atoms with Gasteiger partial charge in [0.25, 0.3) is 5.91 Å². The molecule has 31 heavy (non-hydrogen) atoms. The van der Waals surface area contributed by atoms with Crippen LogP contribution in [0, 0.1) is 0 Å². The third kappa shape index (κ3) is 2.47. The molecule has 0 bridgehead atoms. The molecule has 4 aliphatic heterocycles. The fourth-order valence-electron chi connectivity index (χ4n) is 4.79. The predicted octanol–water partition coefficient (Wildman–Crippen LogP) is -3.51. The minimum Gasteiger partial charge on any atom is -0.385 e. The second kappa shape index (κ2) is 6.29. The van der Waals surface area contributed by atoms with E-state index in [-0.39, 0.29) is 31.6 Å². The number of aliphatic imine (C=N–C) groups is 2. The average Bonchev–Trinajstić information content (AvgIpc) is 3.30. The largest absolute Gasteiger partial charge is 0.385 e. The Balaban J connectivity index is 1.48. The van der Waals surface area contributed by atoms with Crippen LogP contribution in [0.4, 0.5) is 10.5 Å². The van der Waals surface area contributed by atoms with Crippen molar-refractivity contribution in [1.29, 1.82) is 0 Å². The molecule has 13 nitrogen and oxygen atoms in total. The predicted molar refractivity (Wildman–Crippen MR) is 107 cm³/mol. The maximum absolute atomic E-state index is 13.0. The van der Waals surface area contributed by atoms with E-state index >= 15 is 0 Å². The lowest BCUT2D eigenvalue weighted by molar-refractivity contribution is -0.257. The summed E-state index contributed by atoms with van der Waals surface area (Å²) >= 11 is 0. The summed E-state index contributed by atoms with van der Waals surface area (Å²) in [6.07, 6.45) is -1.58. The third-order valence-electron chi connectivity index (χ3n) is 6.26. The van der Waals surface area contributed by atoms with E-state index in [1.165, 1.54) is 9.80 Å². The topological polar surface area (TPSA) is 193 Å². The standard InChI is InChI=1S/C18H22N8O5/c19-14-22-13-10(21-15(20)26-7-11(27)18(30,31)17(13,26)23-14)6-25-12(28)8-24(16(25)29)9-4-2-1-3-5-9/h1-5,10-11,13,27,30-31H,6-8H2,(H2,20,21)(H3,19,22,23)/t10-,11-,13-,17?/m0/s1. The van der Waals surface area contributed by atoms with Crippen molar-refractivity contribution < 1.29 is 24.9 Å². The first-order valence-electron chi connectivity index (χ1n) is 9.69. The lowest BCUT2D eigenvalue weighted by Gasteiger charge is -2.48. The monoisotopic (exact) mass is 430 g/mol. The number of hydrogen-bond acceptors (Lipinski definition) is 11. The molecular formula is C18H22N8O5. The van der Waals surface area contributed by atoms with Crippen molar-refractivity contribution >= 4 is 29.5 Å². The van der Waals surface area contributed by atoms with Gasteiger partial charge in [-0.25, -0.2) is 14.8 Å². The third-order valence-corrected chi connectivity index (χ3v) is 6.26. The van der Waals surface area contributed by atoms with E-state index in [1.807, 2.05) is 0 Å². The Morgan fingerprint density at radius 3 is 2.58 bits per heavy atom. The molecule has 0 aliphatic carbocycles. The van der Waals surface area contributed by atoms with Crippen LogP contribution in [-0.2, 0) is 4.79 Å². The molecule has 0 aromatic heterocycles. The Bertz CT molecular complexity index is 1010. The van der Waals surface area contributed by atoms with Crippen molar-refractivity contribution in [3.63, 3.8) is 0 Å². The molecular weight excluding hydrogens is 408 g/mol. The van der Waals surface area contributed by atoms with Gasteiger partial charge in [0.2, 0.25) is 5.79 Å². The maximum atomic E-state index is 13.0. The van der Waals surface area contributed by atoms with Crippen LogP contribution in [-0.4, -0.2) is 98.2 Å². The molecule has 4 heterocycles. The Morgan fingerprint density at radius 1 is 1.16 bits per heavy atom. The number of nitrogens with zero attached hydrogens (tertiary/aromatic N) is 5. The van der Waals surface area contributed by atoms with Crippen LogP contribution in [0.5, 0.6) is 0 Å². The molecule has 2 fully saturated rings. The minimum absolute atomic E-state index is 0.0957. The van der Waals surface area contributed by atoms with Crippen molar-refractivity contribution in [2.75, 3.05) is 24.5 Å². The molecule has 2 saturated heterocycles. The Labute approximate surface area is 176 Å². The number of rotatable bonds is 3. The van der Waals surface area contributed by atoms with Gasteiger partial charge in [-0.3, -0.25) is 14.6 Å². The number of aliphatic hydroxyl groups is 3. The minimum atomic E-state index is -2.67. The van der Waals surface area contributed by atoms with Crippen molar-refractivity contribution in [1.82, 2.24) is 15.1 Å². The molecule has 13 heteroatoms. The van der Waals surface area contributed by atoms with Crippen molar-refractivity contribution in [2.24, 2.45) is 21.5 Å². The molecule has 0 radical (unpaired) electrons. The van der Waals surface area contributed by atoms with Crippen LogP contribution in [0.3, 0.4) is 0 Å². The molecule has 1 aromatic rings. The molecule has 8 N–H and O–H groups in total. The number of hydrogen-bond donors (Lipinski definition) is 6. The Kier molecular flexibility index (Phi) is 3.96. The molecule has 164 valence electrons. The molecule has 4 atom stereocenters. The van der Waals surface area contributed by atoms with Crippen molar-refractivity contribution in [2.45, 2.75) is 29.6 Å². The lowest BCUT2D eigenvalue weighted by atomic mass is 9.85. The van der Waals surface area contributed by atoms with Crippen molar-refractivity contribution in [3.05, 3.63) is 30.3 Å². The highest BCUT2D eigenvalue weighted by atomic mass is 16.5. The van der Waals surface area contributed by atoms with Gasteiger partial charge in [-0.2, -0.15) is 0 Å². The number of carbonyl (C=O) groups is 2. The number of nitrogens with one attached hydrogen (secondary N) is 1. The first-order chi connectivity index (χ1) is 14.7. The highest BCUT2D eigenvalue weighted by Gasteiger charge is 2.73. The van der Waals surface area contributed by atoms with E-state index in [4.69, 9.17) is 11.5 Å². The van der Waals surface area contributed by atoms with Gasteiger partial charge in [0, 0.05) is 5.69 Å². The summed E-state index contributed by atoms with van der Waals surface area (Å²) in [4.78, 5) is 37.9. The van der Waals surface area contributed by atoms with E-state index in [1.54, 1.807) is 30.3 Å². The summed E-state index contributed by atoms with van der Waals surface area (Å²) in [5.41, 5.74) is 10.7. The summed E-state index contributed by atoms with van der Waals surface area (Å²) in [6.45, 7) is -0.555. The van der Waals surface area contributed by atoms with Crippen LogP contribution < -0.4 is 21.7 Å². The second-order valence-electron chi connectivity index (χ2n) is 7.97. The molecule has 3 amide bonds. The van der Waals surface area contributed by atoms with Crippen molar-refractivity contribution in [3.8, 4) is 0 Å². The van der Waals surface area contributed by atoms with Crippen LogP contribution in [0.15, 0.2) is 40.3 Å². The van der Waals surface area contributed by atoms with Crippen LogP contribution in [0.1, 0.15) is 0 Å². The highest BCUT2D eigenvalue weighted by molar-refractivity contribution is 6.12. The van der Waals surface area contributed by atoms with E-state index < -0.39 is 41.6 Å². The molecule has 1 spiro atoms. The van der Waals surface area contributed by atoms with Crippen LogP contribution in [0.2, 0.25) is 0 Å². The number of para-hydroxylation sites is 1. The molecule has 1 aromatic carbocycles. The zero-order valence-electron chi connectivity index (χ0n) is 16.3. The smallest absolute Gasteiger partial charge is 0.331 e. The number of amides is 3. The highest BCUT2D eigenvalue weighted by Crippen LogP contribution is 2.44. The fourth-order valence-corrected chi connectivity index (χ4v) is 4.79. The lowest BCUT2D eigenvalue weighted by Crippen LogP contribution is -2.77. The van der Waals surface area contributed by atoms with Gasteiger partial charge in [-0.1, -0.05) is 18.2 Å². The summed E-state index contributed by atoms with van der Waals surface area (Å²) < 4.78 is 0. The number of aliphatic hydroxyl groups excluding tert-OH is 1. The molecule has 0 saturated carbocycles. The summed E-state index contributed by atoms with van der Waals surface area (Å²) in [5, 5.41) is 34.4. The number of carbonyl (C=O) groups excluding carboxylic acids is 2. The molecule has 1 unspecified atom stereocenters.